The maximum Gasteiger partial charge on any atom is 0.272 e. The third kappa shape index (κ3) is 3.29. The lowest BCUT2D eigenvalue weighted by atomic mass is 9.86. The minimum absolute atomic E-state index is 0.114. The molecule has 22 heavy (non-hydrogen) atoms. The maximum atomic E-state index is 11.1. The molecule has 1 aromatic rings. The second-order valence-electron chi connectivity index (χ2n) is 6.57. The van der Waals surface area contributed by atoms with Crippen molar-refractivity contribution in [2.45, 2.75) is 25.3 Å². The second kappa shape index (κ2) is 6.32. The molecule has 0 spiro atoms. The number of rotatable bonds is 8. The van der Waals surface area contributed by atoms with E-state index in [0.29, 0.717) is 32.1 Å². The van der Waals surface area contributed by atoms with Gasteiger partial charge in [-0.05, 0) is 25.2 Å². The molecular weight excluding hydrogens is 284 g/mol. The quantitative estimate of drug-likeness (QED) is 0.562. The average molecular weight is 306 g/mol. The van der Waals surface area contributed by atoms with Gasteiger partial charge in [0.25, 0.3) is 5.69 Å². The van der Waals surface area contributed by atoms with Gasteiger partial charge in [0.15, 0.2) is 0 Å². The highest BCUT2D eigenvalue weighted by Crippen LogP contribution is 2.36. The summed E-state index contributed by atoms with van der Waals surface area (Å²) in [5.74, 6) is 0.580. The molecule has 1 saturated heterocycles. The Morgan fingerprint density at radius 3 is 2.68 bits per heavy atom. The van der Waals surface area contributed by atoms with Crippen molar-refractivity contribution >= 4 is 5.69 Å². The maximum absolute atomic E-state index is 11.1. The van der Waals surface area contributed by atoms with Gasteiger partial charge < -0.3 is 15.2 Å². The zero-order valence-corrected chi connectivity index (χ0v) is 12.5. The Morgan fingerprint density at radius 1 is 1.41 bits per heavy atom. The number of hydrogen-bond acceptors (Lipinski definition) is 5. The number of hydrogen-bond donors (Lipinski definition) is 2. The number of aliphatic hydroxyl groups excluding tert-OH is 1. The molecule has 1 aliphatic heterocycles. The minimum Gasteiger partial charge on any atom is -0.396 e. The van der Waals surface area contributed by atoms with E-state index in [1.54, 1.807) is 12.1 Å². The van der Waals surface area contributed by atoms with Crippen LogP contribution in [0.3, 0.4) is 0 Å². The third-order valence-electron chi connectivity index (χ3n) is 4.71. The molecule has 0 amide bonds. The van der Waals surface area contributed by atoms with Gasteiger partial charge in [-0.25, -0.2) is 0 Å². The predicted molar refractivity (Wildman–Crippen MR) is 81.7 cm³/mol. The molecule has 1 atom stereocenters. The first-order valence-electron chi connectivity index (χ1n) is 7.78. The number of ether oxygens (including phenoxy) is 1. The first-order chi connectivity index (χ1) is 10.6. The zero-order chi connectivity index (χ0) is 15.6. The van der Waals surface area contributed by atoms with E-state index in [2.05, 4.69) is 5.32 Å². The van der Waals surface area contributed by atoms with E-state index >= 15 is 0 Å². The highest BCUT2D eigenvalue weighted by Gasteiger charge is 2.40. The van der Waals surface area contributed by atoms with Crippen molar-refractivity contribution in [2.75, 3.05) is 26.4 Å². The number of benzene rings is 1. The van der Waals surface area contributed by atoms with E-state index in [0.717, 1.165) is 5.56 Å². The van der Waals surface area contributed by atoms with E-state index in [-0.39, 0.29) is 28.7 Å². The van der Waals surface area contributed by atoms with Crippen molar-refractivity contribution in [3.05, 3.63) is 39.9 Å². The van der Waals surface area contributed by atoms with Crippen molar-refractivity contribution in [3.8, 4) is 0 Å². The lowest BCUT2D eigenvalue weighted by Gasteiger charge is -2.41. The van der Waals surface area contributed by atoms with E-state index in [1.807, 2.05) is 12.1 Å². The molecule has 6 nitrogen and oxygen atoms in total. The van der Waals surface area contributed by atoms with Gasteiger partial charge in [0.05, 0.1) is 30.2 Å². The molecule has 1 saturated carbocycles. The van der Waals surface area contributed by atoms with Crippen molar-refractivity contribution in [1.29, 1.82) is 0 Å². The molecule has 1 heterocycles. The molecular formula is C16H22N2O4. The highest BCUT2D eigenvalue weighted by atomic mass is 16.6. The smallest absolute Gasteiger partial charge is 0.272 e. The van der Waals surface area contributed by atoms with Crippen LogP contribution >= 0.6 is 0 Å². The van der Waals surface area contributed by atoms with E-state index in [4.69, 9.17) is 4.74 Å². The molecule has 1 aromatic carbocycles. The van der Waals surface area contributed by atoms with E-state index in [1.165, 1.54) is 12.8 Å². The topological polar surface area (TPSA) is 84.6 Å². The molecule has 2 fully saturated rings. The highest BCUT2D eigenvalue weighted by molar-refractivity contribution is 5.40. The average Bonchev–Trinajstić information content (AvgIpc) is 3.30. The zero-order valence-electron chi connectivity index (χ0n) is 12.5. The van der Waals surface area contributed by atoms with Gasteiger partial charge in [-0.15, -0.1) is 0 Å². The molecule has 0 radical (unpaired) electrons. The number of nitro benzene ring substituents is 1. The van der Waals surface area contributed by atoms with Crippen LogP contribution in [0.5, 0.6) is 0 Å². The number of para-hydroxylation sites is 1. The summed E-state index contributed by atoms with van der Waals surface area (Å²) in [5, 5.41) is 24.2. The molecule has 0 bridgehead atoms. The van der Waals surface area contributed by atoms with Gasteiger partial charge in [-0.1, -0.05) is 18.2 Å². The Labute approximate surface area is 129 Å². The van der Waals surface area contributed by atoms with Crippen LogP contribution in [0.1, 0.15) is 18.4 Å². The van der Waals surface area contributed by atoms with Crippen LogP contribution in [0.25, 0.3) is 0 Å². The van der Waals surface area contributed by atoms with Gasteiger partial charge in [-0.3, -0.25) is 10.1 Å². The normalized spacial score (nSPS) is 21.1. The van der Waals surface area contributed by atoms with Crippen molar-refractivity contribution in [1.82, 2.24) is 5.32 Å². The molecule has 3 rings (SSSR count). The fourth-order valence-corrected chi connectivity index (χ4v) is 2.99. The van der Waals surface area contributed by atoms with Crippen LogP contribution in [-0.4, -0.2) is 42.4 Å². The van der Waals surface area contributed by atoms with Gasteiger partial charge in [0.1, 0.15) is 0 Å². The Morgan fingerprint density at radius 2 is 2.14 bits per heavy atom. The summed E-state index contributed by atoms with van der Waals surface area (Å²) in [6, 6.07) is 7.18. The fraction of sp³-hybridized carbons (Fsp3) is 0.625. The van der Waals surface area contributed by atoms with Crippen molar-refractivity contribution in [2.24, 2.45) is 11.3 Å². The first kappa shape index (κ1) is 15.4. The summed E-state index contributed by atoms with van der Waals surface area (Å²) in [5.41, 5.74) is 0.800. The number of nitro groups is 1. The Kier molecular flexibility index (Phi) is 4.42. The monoisotopic (exact) mass is 306 g/mol. The predicted octanol–water partition coefficient (Wildman–Crippen LogP) is 1.51. The molecule has 2 N–H and O–H groups in total. The van der Waals surface area contributed by atoms with Crippen LogP contribution in [0, 0.1) is 21.4 Å². The number of aliphatic hydroxyl groups is 1. The van der Waals surface area contributed by atoms with Gasteiger partial charge in [-0.2, -0.15) is 0 Å². The first-order valence-corrected chi connectivity index (χ1v) is 7.78. The molecule has 1 unspecified atom stereocenters. The summed E-state index contributed by atoms with van der Waals surface area (Å²) in [6.07, 6.45) is 2.99. The number of nitrogens with zero attached hydrogens (tertiary/aromatic N) is 1. The standard InChI is InChI=1S/C16H22N2O4/c19-9-16(10-22-11-16)8-17-14(12-5-6-12)7-13-3-1-2-4-15(13)18(20)21/h1-4,12,14,17,19H,5-11H2. The molecule has 2 aliphatic rings. The van der Waals surface area contributed by atoms with Crippen LogP contribution in [0.4, 0.5) is 5.69 Å². The summed E-state index contributed by atoms with van der Waals surface area (Å²) >= 11 is 0. The number of nitrogens with one attached hydrogen (secondary N) is 1. The summed E-state index contributed by atoms with van der Waals surface area (Å²) in [7, 11) is 0. The van der Waals surface area contributed by atoms with Crippen LogP contribution < -0.4 is 5.32 Å². The van der Waals surface area contributed by atoms with Crippen LogP contribution in [0.15, 0.2) is 24.3 Å². The molecule has 120 valence electrons. The summed E-state index contributed by atoms with van der Waals surface area (Å²) in [6.45, 7) is 1.98. The Bertz CT molecular complexity index is 535. The largest absolute Gasteiger partial charge is 0.396 e. The SMILES string of the molecule is O=[N+]([O-])c1ccccc1CC(NCC1(CO)COC1)C1CC1. The van der Waals surface area contributed by atoms with Crippen molar-refractivity contribution in [3.63, 3.8) is 0 Å². The van der Waals surface area contributed by atoms with Gasteiger partial charge >= 0.3 is 0 Å². The lowest BCUT2D eigenvalue weighted by molar-refractivity contribution is -0.385. The third-order valence-corrected chi connectivity index (χ3v) is 4.71. The lowest BCUT2D eigenvalue weighted by Crippen LogP contribution is -2.54. The Balaban J connectivity index is 1.66. The van der Waals surface area contributed by atoms with Crippen LogP contribution in [0.2, 0.25) is 0 Å². The summed E-state index contributed by atoms with van der Waals surface area (Å²) in [4.78, 5) is 10.8. The molecule has 6 heteroatoms. The molecule has 1 aliphatic carbocycles. The van der Waals surface area contributed by atoms with E-state index < -0.39 is 0 Å². The molecule has 0 aromatic heterocycles. The van der Waals surface area contributed by atoms with Gasteiger partial charge in [0.2, 0.25) is 0 Å². The summed E-state index contributed by atoms with van der Waals surface area (Å²) < 4.78 is 5.22. The minimum atomic E-state index is -0.311. The van der Waals surface area contributed by atoms with Crippen LogP contribution in [-0.2, 0) is 11.2 Å². The van der Waals surface area contributed by atoms with E-state index in [9.17, 15) is 15.2 Å². The van der Waals surface area contributed by atoms with Crippen molar-refractivity contribution < 1.29 is 14.8 Å². The van der Waals surface area contributed by atoms with Gasteiger partial charge in [0, 0.05) is 24.2 Å². The Hall–Kier alpha value is -1.50. The second-order valence-corrected chi connectivity index (χ2v) is 6.57. The fourth-order valence-electron chi connectivity index (χ4n) is 2.99.